The van der Waals surface area contributed by atoms with Gasteiger partial charge >= 0.3 is 0 Å². The van der Waals surface area contributed by atoms with Gasteiger partial charge in [0.25, 0.3) is 5.91 Å². The molecule has 4 heteroatoms. The van der Waals surface area contributed by atoms with Crippen LogP contribution in [0, 0.1) is 5.92 Å². The standard InChI is InChI=1S/C24H25NO3/c1-17(2)16-28-22-14-13-19(15-23(22)27-3)24(26)25-21-12-8-7-11-20(21)18-9-5-4-6-10-18/h4-15,17H,16H2,1-3H3,(H,25,26). The van der Waals surface area contributed by atoms with Crippen molar-refractivity contribution < 1.29 is 14.3 Å². The van der Waals surface area contributed by atoms with Crippen LogP contribution in [0.3, 0.4) is 0 Å². The third kappa shape index (κ3) is 4.71. The molecule has 0 aromatic heterocycles. The van der Waals surface area contributed by atoms with Crippen LogP contribution in [0.5, 0.6) is 11.5 Å². The van der Waals surface area contributed by atoms with E-state index in [-0.39, 0.29) is 5.91 Å². The summed E-state index contributed by atoms with van der Waals surface area (Å²) in [5.74, 6) is 1.39. The lowest BCUT2D eigenvalue weighted by Gasteiger charge is -2.14. The van der Waals surface area contributed by atoms with Gasteiger partial charge in [-0.1, -0.05) is 62.4 Å². The van der Waals surface area contributed by atoms with Crippen LogP contribution in [-0.2, 0) is 0 Å². The van der Waals surface area contributed by atoms with Crippen LogP contribution in [0.2, 0.25) is 0 Å². The maximum Gasteiger partial charge on any atom is 0.255 e. The van der Waals surface area contributed by atoms with Crippen LogP contribution in [0.1, 0.15) is 24.2 Å². The van der Waals surface area contributed by atoms with Crippen molar-refractivity contribution in [2.45, 2.75) is 13.8 Å². The second-order valence-electron chi connectivity index (χ2n) is 6.94. The normalized spacial score (nSPS) is 10.6. The fraction of sp³-hybridized carbons (Fsp3) is 0.208. The first kappa shape index (κ1) is 19.5. The molecule has 0 radical (unpaired) electrons. The van der Waals surface area contributed by atoms with E-state index in [1.807, 2.05) is 54.6 Å². The molecule has 0 saturated carbocycles. The van der Waals surface area contributed by atoms with Crippen LogP contribution in [0.15, 0.2) is 72.8 Å². The summed E-state index contributed by atoms with van der Waals surface area (Å²) < 4.78 is 11.2. The monoisotopic (exact) mass is 375 g/mol. The molecule has 0 unspecified atom stereocenters. The third-order valence-electron chi connectivity index (χ3n) is 4.26. The Bertz CT molecular complexity index is 936. The minimum atomic E-state index is -0.197. The fourth-order valence-corrected chi connectivity index (χ4v) is 2.84. The number of rotatable bonds is 7. The molecule has 1 N–H and O–H groups in total. The number of carbonyl (C=O) groups is 1. The zero-order valence-electron chi connectivity index (χ0n) is 16.4. The van der Waals surface area contributed by atoms with Crippen molar-refractivity contribution in [2.24, 2.45) is 5.92 Å². The molecule has 0 heterocycles. The van der Waals surface area contributed by atoms with Gasteiger partial charge in [-0.3, -0.25) is 4.79 Å². The number of hydrogen-bond acceptors (Lipinski definition) is 3. The second kappa shape index (κ2) is 9.09. The van der Waals surface area contributed by atoms with Gasteiger partial charge in [-0.25, -0.2) is 0 Å². The van der Waals surface area contributed by atoms with Crippen molar-refractivity contribution in [3.8, 4) is 22.6 Å². The van der Waals surface area contributed by atoms with Gasteiger partial charge in [-0.15, -0.1) is 0 Å². The molecular formula is C24H25NO3. The van der Waals surface area contributed by atoms with E-state index in [0.29, 0.717) is 29.6 Å². The molecule has 0 aliphatic heterocycles. The van der Waals surface area contributed by atoms with Gasteiger partial charge < -0.3 is 14.8 Å². The van der Waals surface area contributed by atoms with Gasteiger partial charge in [0.05, 0.1) is 13.7 Å². The van der Waals surface area contributed by atoms with Gasteiger partial charge in [-0.05, 0) is 35.7 Å². The number of anilines is 1. The van der Waals surface area contributed by atoms with E-state index in [9.17, 15) is 4.79 Å². The van der Waals surface area contributed by atoms with E-state index in [2.05, 4.69) is 19.2 Å². The summed E-state index contributed by atoms with van der Waals surface area (Å²) in [6.45, 7) is 4.75. The molecule has 0 aliphatic rings. The number of para-hydroxylation sites is 1. The summed E-state index contributed by atoms with van der Waals surface area (Å²) >= 11 is 0. The molecule has 1 amide bonds. The molecule has 3 rings (SSSR count). The van der Waals surface area contributed by atoms with Crippen LogP contribution < -0.4 is 14.8 Å². The number of hydrogen-bond donors (Lipinski definition) is 1. The number of nitrogens with one attached hydrogen (secondary N) is 1. The summed E-state index contributed by atoms with van der Waals surface area (Å²) in [5, 5.41) is 3.01. The molecule has 0 saturated heterocycles. The molecule has 0 aliphatic carbocycles. The summed E-state index contributed by atoms with van der Waals surface area (Å²) in [6.07, 6.45) is 0. The molecule has 3 aromatic rings. The predicted molar refractivity (Wildman–Crippen MR) is 113 cm³/mol. The highest BCUT2D eigenvalue weighted by atomic mass is 16.5. The van der Waals surface area contributed by atoms with Crippen molar-refractivity contribution in [3.63, 3.8) is 0 Å². The Balaban J connectivity index is 1.82. The van der Waals surface area contributed by atoms with Gasteiger partial charge in [0.1, 0.15) is 0 Å². The molecule has 28 heavy (non-hydrogen) atoms. The Labute approximate surface area is 166 Å². The first-order chi connectivity index (χ1) is 13.6. The van der Waals surface area contributed by atoms with Gasteiger partial charge in [0, 0.05) is 16.8 Å². The first-order valence-corrected chi connectivity index (χ1v) is 9.35. The lowest BCUT2D eigenvalue weighted by molar-refractivity contribution is 0.102. The summed E-state index contributed by atoms with van der Waals surface area (Å²) in [7, 11) is 1.57. The Morgan fingerprint density at radius 1 is 0.929 bits per heavy atom. The van der Waals surface area contributed by atoms with Crippen LogP contribution >= 0.6 is 0 Å². The van der Waals surface area contributed by atoms with E-state index in [1.165, 1.54) is 0 Å². The lowest BCUT2D eigenvalue weighted by Crippen LogP contribution is -2.13. The number of carbonyl (C=O) groups excluding carboxylic acids is 1. The lowest BCUT2D eigenvalue weighted by atomic mass is 10.0. The Kier molecular flexibility index (Phi) is 6.33. The summed E-state index contributed by atoms with van der Waals surface area (Å²) in [4.78, 5) is 12.8. The van der Waals surface area contributed by atoms with Crippen molar-refractivity contribution in [2.75, 3.05) is 19.0 Å². The van der Waals surface area contributed by atoms with Gasteiger partial charge in [0.2, 0.25) is 0 Å². The van der Waals surface area contributed by atoms with Gasteiger partial charge in [0.15, 0.2) is 11.5 Å². The van der Waals surface area contributed by atoms with Crippen molar-refractivity contribution in [1.29, 1.82) is 0 Å². The summed E-state index contributed by atoms with van der Waals surface area (Å²) in [6, 6.07) is 23.0. The first-order valence-electron chi connectivity index (χ1n) is 9.35. The molecular weight excluding hydrogens is 350 g/mol. The molecule has 4 nitrogen and oxygen atoms in total. The zero-order valence-corrected chi connectivity index (χ0v) is 16.4. The molecule has 0 bridgehead atoms. The number of benzene rings is 3. The van der Waals surface area contributed by atoms with E-state index in [1.54, 1.807) is 25.3 Å². The third-order valence-corrected chi connectivity index (χ3v) is 4.26. The highest BCUT2D eigenvalue weighted by molar-refractivity contribution is 6.06. The average Bonchev–Trinajstić information content (AvgIpc) is 2.73. The van der Waals surface area contributed by atoms with E-state index in [0.717, 1.165) is 16.8 Å². The van der Waals surface area contributed by atoms with Crippen LogP contribution in [0.4, 0.5) is 5.69 Å². The maximum absolute atomic E-state index is 12.8. The highest BCUT2D eigenvalue weighted by Gasteiger charge is 2.14. The number of amides is 1. The number of methoxy groups -OCH3 is 1. The highest BCUT2D eigenvalue weighted by Crippen LogP contribution is 2.31. The Morgan fingerprint density at radius 3 is 2.36 bits per heavy atom. The second-order valence-corrected chi connectivity index (χ2v) is 6.94. The molecule has 3 aromatic carbocycles. The quantitative estimate of drug-likeness (QED) is 0.580. The minimum absolute atomic E-state index is 0.197. The van der Waals surface area contributed by atoms with Gasteiger partial charge in [-0.2, -0.15) is 0 Å². The molecule has 0 atom stereocenters. The predicted octanol–water partition coefficient (Wildman–Crippen LogP) is 5.65. The average molecular weight is 375 g/mol. The minimum Gasteiger partial charge on any atom is -0.493 e. The largest absolute Gasteiger partial charge is 0.493 e. The fourth-order valence-electron chi connectivity index (χ4n) is 2.84. The van der Waals surface area contributed by atoms with Crippen LogP contribution in [-0.4, -0.2) is 19.6 Å². The Morgan fingerprint density at radius 2 is 1.64 bits per heavy atom. The smallest absolute Gasteiger partial charge is 0.255 e. The molecule has 0 spiro atoms. The topological polar surface area (TPSA) is 47.6 Å². The zero-order chi connectivity index (χ0) is 19.9. The number of ether oxygens (including phenoxy) is 2. The summed E-state index contributed by atoms with van der Waals surface area (Å²) in [5.41, 5.74) is 3.29. The molecule has 0 fully saturated rings. The van der Waals surface area contributed by atoms with Crippen molar-refractivity contribution >= 4 is 11.6 Å². The van der Waals surface area contributed by atoms with E-state index >= 15 is 0 Å². The van der Waals surface area contributed by atoms with E-state index < -0.39 is 0 Å². The van der Waals surface area contributed by atoms with E-state index in [4.69, 9.17) is 9.47 Å². The SMILES string of the molecule is COc1cc(C(=O)Nc2ccccc2-c2ccccc2)ccc1OCC(C)C. The van der Waals surface area contributed by atoms with Crippen LogP contribution in [0.25, 0.3) is 11.1 Å². The Hall–Kier alpha value is -3.27. The molecule has 144 valence electrons. The van der Waals surface area contributed by atoms with Crippen molar-refractivity contribution in [3.05, 3.63) is 78.4 Å². The maximum atomic E-state index is 12.8. The van der Waals surface area contributed by atoms with Crippen molar-refractivity contribution in [1.82, 2.24) is 0 Å².